The first-order valence-electron chi connectivity index (χ1n) is 7.33. The van der Waals surface area contributed by atoms with Crippen LogP contribution >= 0.6 is 0 Å². The number of rotatable bonds is 7. The van der Waals surface area contributed by atoms with E-state index in [9.17, 15) is 13.2 Å². The van der Waals surface area contributed by atoms with Crippen LogP contribution in [0.5, 0.6) is 0 Å². The third-order valence-electron chi connectivity index (χ3n) is 3.93. The van der Waals surface area contributed by atoms with Gasteiger partial charge in [-0.2, -0.15) is 13.2 Å². The average Bonchev–Trinajstić information content (AvgIpc) is 2.40. The predicted octanol–water partition coefficient (Wildman–Crippen LogP) is 4.27. The quantitative estimate of drug-likeness (QED) is 0.815. The number of hydrogen-bond acceptors (Lipinski definition) is 2. The van der Waals surface area contributed by atoms with Gasteiger partial charge in [0, 0.05) is 30.7 Å². The zero-order valence-corrected chi connectivity index (χ0v) is 13.0. The zero-order valence-electron chi connectivity index (χ0n) is 13.0. The summed E-state index contributed by atoms with van der Waals surface area (Å²) < 4.78 is 37.0. The number of benzene rings is 1. The van der Waals surface area contributed by atoms with Crippen molar-refractivity contribution in [1.29, 1.82) is 0 Å². The van der Waals surface area contributed by atoms with E-state index in [-0.39, 0.29) is 6.42 Å². The maximum Gasteiger partial charge on any atom is 0.389 e. The Bertz CT molecular complexity index is 428. The van der Waals surface area contributed by atoms with Gasteiger partial charge in [-0.3, -0.25) is 0 Å². The summed E-state index contributed by atoms with van der Waals surface area (Å²) in [6.07, 6.45) is -4.34. The topological polar surface area (TPSA) is 29.3 Å². The summed E-state index contributed by atoms with van der Waals surface area (Å²) >= 11 is 0. The van der Waals surface area contributed by atoms with E-state index in [1.165, 1.54) is 0 Å². The van der Waals surface area contributed by atoms with Gasteiger partial charge < -0.3 is 10.6 Å². The minimum Gasteiger partial charge on any atom is -0.365 e. The molecule has 1 aromatic carbocycles. The molecular formula is C16H25F3N2. The van der Waals surface area contributed by atoms with E-state index in [0.717, 1.165) is 11.3 Å². The lowest BCUT2D eigenvalue weighted by molar-refractivity contribution is -0.136. The highest BCUT2D eigenvalue weighted by Crippen LogP contribution is 2.30. The highest BCUT2D eigenvalue weighted by atomic mass is 19.4. The second-order valence-electron chi connectivity index (χ2n) is 5.75. The van der Waals surface area contributed by atoms with Crippen molar-refractivity contribution >= 4 is 5.69 Å². The van der Waals surface area contributed by atoms with Gasteiger partial charge in [0.15, 0.2) is 0 Å². The fourth-order valence-corrected chi connectivity index (χ4v) is 2.62. The molecule has 0 aliphatic carbocycles. The molecule has 0 radical (unpaired) electrons. The Kier molecular flexibility index (Phi) is 6.08. The number of anilines is 1. The summed E-state index contributed by atoms with van der Waals surface area (Å²) in [4.78, 5) is 2.10. The summed E-state index contributed by atoms with van der Waals surface area (Å²) in [5.41, 5.74) is 7.57. The molecule has 0 bridgehead atoms. The molecule has 0 fully saturated rings. The van der Waals surface area contributed by atoms with Crippen LogP contribution in [0.15, 0.2) is 24.3 Å². The van der Waals surface area contributed by atoms with Crippen LogP contribution in [0.1, 0.15) is 38.7 Å². The van der Waals surface area contributed by atoms with Gasteiger partial charge >= 0.3 is 6.18 Å². The Balaban J connectivity index is 2.84. The molecule has 5 heteroatoms. The summed E-state index contributed by atoms with van der Waals surface area (Å²) in [7, 11) is 0. The molecule has 1 rings (SSSR count). The third-order valence-corrected chi connectivity index (χ3v) is 3.93. The van der Waals surface area contributed by atoms with Crippen LogP contribution < -0.4 is 10.6 Å². The molecule has 0 spiro atoms. The van der Waals surface area contributed by atoms with E-state index in [2.05, 4.69) is 4.90 Å². The maximum absolute atomic E-state index is 12.3. The van der Waals surface area contributed by atoms with Crippen molar-refractivity contribution in [1.82, 2.24) is 0 Å². The lowest BCUT2D eigenvalue weighted by atomic mass is 9.91. The van der Waals surface area contributed by atoms with E-state index in [0.29, 0.717) is 19.5 Å². The van der Waals surface area contributed by atoms with Gasteiger partial charge in [0.25, 0.3) is 0 Å². The first-order valence-corrected chi connectivity index (χ1v) is 7.33. The van der Waals surface area contributed by atoms with Crippen LogP contribution in [0.2, 0.25) is 0 Å². The van der Waals surface area contributed by atoms with Crippen LogP contribution in [0.3, 0.4) is 0 Å². The van der Waals surface area contributed by atoms with Crippen molar-refractivity contribution in [3.63, 3.8) is 0 Å². The van der Waals surface area contributed by atoms with Crippen molar-refractivity contribution in [2.24, 2.45) is 5.73 Å². The SMILES string of the molecule is CCN(c1ccc(C)cc1)C(C)(CN)CCCC(F)(F)F. The Morgan fingerprint density at radius 1 is 1.10 bits per heavy atom. The van der Waals surface area contributed by atoms with Crippen LogP contribution in [-0.2, 0) is 0 Å². The molecule has 1 unspecified atom stereocenters. The van der Waals surface area contributed by atoms with Crippen LogP contribution in [0, 0.1) is 6.92 Å². The molecule has 0 aliphatic rings. The van der Waals surface area contributed by atoms with Gasteiger partial charge in [0.2, 0.25) is 0 Å². The minimum absolute atomic E-state index is 0.0968. The molecule has 0 aromatic heterocycles. The van der Waals surface area contributed by atoms with Gasteiger partial charge in [-0.1, -0.05) is 17.7 Å². The molecule has 0 amide bonds. The van der Waals surface area contributed by atoms with Crippen LogP contribution in [0.25, 0.3) is 0 Å². The Morgan fingerprint density at radius 2 is 1.67 bits per heavy atom. The average molecular weight is 302 g/mol. The molecule has 1 atom stereocenters. The summed E-state index contributed by atoms with van der Waals surface area (Å²) in [5.74, 6) is 0. The predicted molar refractivity (Wildman–Crippen MR) is 81.6 cm³/mol. The maximum atomic E-state index is 12.3. The van der Waals surface area contributed by atoms with E-state index in [1.54, 1.807) is 0 Å². The largest absolute Gasteiger partial charge is 0.389 e. The normalized spacial score (nSPS) is 14.8. The standard InChI is InChI=1S/C16H25F3N2/c1-4-21(14-8-6-13(2)7-9-14)15(3,12-20)10-5-11-16(17,18)19/h6-9H,4-5,10-12,20H2,1-3H3. The summed E-state index contributed by atoms with van der Waals surface area (Å²) in [5, 5.41) is 0. The molecule has 0 heterocycles. The van der Waals surface area contributed by atoms with E-state index in [4.69, 9.17) is 5.73 Å². The Labute approximate surface area is 125 Å². The molecule has 2 N–H and O–H groups in total. The summed E-state index contributed by atoms with van der Waals surface area (Å²) in [6.45, 7) is 6.98. The van der Waals surface area contributed by atoms with Gasteiger partial charge in [-0.05, 0) is 45.7 Å². The first-order chi connectivity index (χ1) is 9.72. The second-order valence-corrected chi connectivity index (χ2v) is 5.75. The number of nitrogens with two attached hydrogens (primary N) is 1. The number of alkyl halides is 3. The molecule has 0 saturated carbocycles. The van der Waals surface area contributed by atoms with E-state index >= 15 is 0 Å². The molecular weight excluding hydrogens is 277 g/mol. The Morgan fingerprint density at radius 3 is 2.10 bits per heavy atom. The lowest BCUT2D eigenvalue weighted by Crippen LogP contribution is -2.52. The van der Waals surface area contributed by atoms with Crippen molar-refractivity contribution in [2.75, 3.05) is 18.0 Å². The molecule has 0 saturated heterocycles. The Hall–Kier alpha value is -1.23. The highest BCUT2D eigenvalue weighted by molar-refractivity contribution is 5.50. The number of halogens is 3. The fourth-order valence-electron chi connectivity index (χ4n) is 2.62. The highest BCUT2D eigenvalue weighted by Gasteiger charge is 2.32. The van der Waals surface area contributed by atoms with Crippen molar-refractivity contribution in [2.45, 2.75) is 51.7 Å². The number of aryl methyl sites for hydroxylation is 1. The molecule has 0 aliphatic heterocycles. The third kappa shape index (κ3) is 5.23. The molecule has 1 aromatic rings. The van der Waals surface area contributed by atoms with E-state index in [1.807, 2.05) is 45.0 Å². The fraction of sp³-hybridized carbons (Fsp3) is 0.625. The number of likely N-dealkylation sites (N-methyl/N-ethyl adjacent to an activating group) is 1. The molecule has 21 heavy (non-hydrogen) atoms. The number of hydrogen-bond donors (Lipinski definition) is 1. The minimum atomic E-state index is -4.10. The lowest BCUT2D eigenvalue weighted by Gasteiger charge is -2.42. The van der Waals surface area contributed by atoms with Gasteiger partial charge in [0.1, 0.15) is 0 Å². The molecule has 120 valence electrons. The van der Waals surface area contributed by atoms with E-state index < -0.39 is 18.1 Å². The van der Waals surface area contributed by atoms with Gasteiger partial charge in [-0.25, -0.2) is 0 Å². The van der Waals surface area contributed by atoms with Gasteiger partial charge in [-0.15, -0.1) is 0 Å². The second kappa shape index (κ2) is 7.16. The van der Waals surface area contributed by atoms with Crippen LogP contribution in [-0.4, -0.2) is 24.8 Å². The van der Waals surface area contributed by atoms with Gasteiger partial charge in [0.05, 0.1) is 0 Å². The van der Waals surface area contributed by atoms with Crippen molar-refractivity contribution < 1.29 is 13.2 Å². The monoisotopic (exact) mass is 302 g/mol. The zero-order chi connectivity index (χ0) is 16.1. The molecule has 2 nitrogen and oxygen atoms in total. The van der Waals surface area contributed by atoms with Crippen molar-refractivity contribution in [3.05, 3.63) is 29.8 Å². The number of nitrogens with zero attached hydrogens (tertiary/aromatic N) is 1. The first kappa shape index (κ1) is 17.8. The van der Waals surface area contributed by atoms with Crippen molar-refractivity contribution in [3.8, 4) is 0 Å². The smallest absolute Gasteiger partial charge is 0.365 e. The summed E-state index contributed by atoms with van der Waals surface area (Å²) in [6, 6.07) is 8.00. The van der Waals surface area contributed by atoms with Crippen LogP contribution in [0.4, 0.5) is 18.9 Å².